The summed E-state index contributed by atoms with van der Waals surface area (Å²) in [5, 5.41) is 4.57. The van der Waals surface area contributed by atoms with E-state index in [4.69, 9.17) is 6.85 Å². The molecule has 38 heavy (non-hydrogen) atoms. The molecule has 0 radical (unpaired) electrons. The molecule has 0 unspecified atom stereocenters. The van der Waals surface area contributed by atoms with Gasteiger partial charge in [-0.05, 0) is 46.5 Å². The fourth-order valence-corrected chi connectivity index (χ4v) is 5.77. The molecular formula is C36H24N2. The molecule has 2 heteroatoms. The second-order valence-corrected chi connectivity index (χ2v) is 9.50. The number of aromatic nitrogens is 2. The zero-order valence-electron chi connectivity index (χ0n) is 25.3. The minimum absolute atomic E-state index is 0.191. The summed E-state index contributed by atoms with van der Waals surface area (Å²) in [5.74, 6) is 0. The van der Waals surface area contributed by atoms with E-state index in [0.29, 0.717) is 5.56 Å². The van der Waals surface area contributed by atoms with Gasteiger partial charge < -0.3 is 9.55 Å². The summed E-state index contributed by atoms with van der Waals surface area (Å²) in [6, 6.07) is 35.3. The van der Waals surface area contributed by atoms with Gasteiger partial charge in [-0.15, -0.1) is 0 Å². The number of nitrogens with one attached hydrogen (secondary N) is 1. The Labute approximate surface area is 227 Å². The summed E-state index contributed by atoms with van der Waals surface area (Å²) in [5.41, 5.74) is 7.60. The predicted molar refractivity (Wildman–Crippen MR) is 161 cm³/mol. The second-order valence-electron chi connectivity index (χ2n) is 9.50. The van der Waals surface area contributed by atoms with Crippen LogP contribution in [0.2, 0.25) is 0 Å². The van der Waals surface area contributed by atoms with Crippen LogP contribution < -0.4 is 0 Å². The zero-order chi connectivity index (χ0) is 29.4. The summed E-state index contributed by atoms with van der Waals surface area (Å²) in [6.45, 7) is 0. The van der Waals surface area contributed by atoms with E-state index in [2.05, 4.69) is 64.1 Å². The van der Waals surface area contributed by atoms with Crippen LogP contribution in [0.15, 0.2) is 139 Å². The molecule has 0 aliphatic carbocycles. The van der Waals surface area contributed by atoms with Crippen molar-refractivity contribution in [2.45, 2.75) is 0 Å². The van der Waals surface area contributed by atoms with Crippen molar-refractivity contribution in [2.24, 2.45) is 0 Å². The minimum Gasteiger partial charge on any atom is -0.353 e. The van der Waals surface area contributed by atoms with Gasteiger partial charge in [-0.3, -0.25) is 0 Å². The minimum atomic E-state index is -0.399. The summed E-state index contributed by atoms with van der Waals surface area (Å²) in [7, 11) is 0. The van der Waals surface area contributed by atoms with Crippen LogP contribution in [0, 0.1) is 0 Å². The Bertz CT molecular complexity index is 2370. The third-order valence-corrected chi connectivity index (χ3v) is 7.43. The van der Waals surface area contributed by atoms with Crippen molar-refractivity contribution in [1.82, 2.24) is 9.55 Å². The van der Waals surface area contributed by atoms with Crippen LogP contribution in [0.25, 0.3) is 71.6 Å². The number of H-pyrrole nitrogens is 1. The van der Waals surface area contributed by atoms with Gasteiger partial charge in [-0.1, -0.05) is 115 Å². The van der Waals surface area contributed by atoms with Crippen LogP contribution in [0.3, 0.4) is 0 Å². The maximum absolute atomic E-state index is 8.70. The van der Waals surface area contributed by atoms with Gasteiger partial charge in [0.1, 0.15) is 0 Å². The largest absolute Gasteiger partial charge is 0.353 e. The second kappa shape index (κ2) is 8.22. The normalized spacial score (nSPS) is 13.5. The molecule has 0 fully saturated rings. The zero-order valence-corrected chi connectivity index (χ0v) is 20.3. The van der Waals surface area contributed by atoms with Crippen molar-refractivity contribution in [2.75, 3.05) is 0 Å². The molecule has 2 heterocycles. The lowest BCUT2D eigenvalue weighted by molar-refractivity contribution is 1.18. The number of nitrogens with zero attached hydrogens (tertiary/aromatic N) is 1. The molecule has 0 atom stereocenters. The van der Waals surface area contributed by atoms with Crippen LogP contribution in [0.5, 0.6) is 0 Å². The van der Waals surface area contributed by atoms with Crippen LogP contribution in [0.4, 0.5) is 0 Å². The number of fused-ring (bicyclic) bond motifs is 7. The highest BCUT2D eigenvalue weighted by molar-refractivity contribution is 6.22. The molecule has 2 nitrogen and oxygen atoms in total. The molecule has 0 saturated heterocycles. The van der Waals surface area contributed by atoms with Crippen molar-refractivity contribution in [3.05, 3.63) is 139 Å². The molecule has 0 bridgehead atoms. The molecule has 178 valence electrons. The molecular weight excluding hydrogens is 460 g/mol. The van der Waals surface area contributed by atoms with Crippen molar-refractivity contribution in [3.63, 3.8) is 0 Å². The van der Waals surface area contributed by atoms with E-state index in [-0.39, 0.29) is 29.7 Å². The van der Waals surface area contributed by atoms with Crippen molar-refractivity contribution >= 4 is 43.6 Å². The molecule has 0 amide bonds. The Hall–Kier alpha value is -5.08. The SMILES string of the molecule is [2H]c1c([2H])c([2H])c(-c2ccc(-n3c4ccccc4c4ccc5c6ccccc6[nH]c5c43)cc2-c2ccccc2)c([2H])c1[2H]. The van der Waals surface area contributed by atoms with E-state index in [0.717, 1.165) is 60.4 Å². The maximum Gasteiger partial charge on any atom is 0.0783 e. The fourth-order valence-electron chi connectivity index (χ4n) is 5.77. The highest BCUT2D eigenvalue weighted by Gasteiger charge is 2.18. The summed E-state index contributed by atoms with van der Waals surface area (Å²) >= 11 is 0. The van der Waals surface area contributed by atoms with E-state index in [1.807, 2.05) is 54.6 Å². The molecule has 0 spiro atoms. The molecule has 8 rings (SSSR count). The van der Waals surface area contributed by atoms with Gasteiger partial charge >= 0.3 is 0 Å². The number of aromatic amines is 1. The maximum atomic E-state index is 8.70. The van der Waals surface area contributed by atoms with Gasteiger partial charge in [0.05, 0.1) is 23.4 Å². The summed E-state index contributed by atoms with van der Waals surface area (Å²) < 4.78 is 44.4. The van der Waals surface area contributed by atoms with E-state index in [1.165, 1.54) is 0 Å². The third-order valence-electron chi connectivity index (χ3n) is 7.43. The first-order chi connectivity index (χ1) is 20.9. The number of hydrogen-bond acceptors (Lipinski definition) is 0. The average Bonchev–Trinajstić information content (AvgIpc) is 3.59. The first-order valence-electron chi connectivity index (χ1n) is 15.1. The van der Waals surface area contributed by atoms with E-state index in [9.17, 15) is 0 Å². The van der Waals surface area contributed by atoms with Gasteiger partial charge in [0.2, 0.25) is 0 Å². The van der Waals surface area contributed by atoms with E-state index < -0.39 is 6.04 Å². The first kappa shape index (κ1) is 16.6. The molecule has 0 aliphatic heterocycles. The van der Waals surface area contributed by atoms with E-state index in [1.54, 1.807) is 0 Å². The van der Waals surface area contributed by atoms with E-state index >= 15 is 0 Å². The van der Waals surface area contributed by atoms with Gasteiger partial charge in [-0.25, -0.2) is 0 Å². The Morgan fingerprint density at radius 2 is 1.29 bits per heavy atom. The topological polar surface area (TPSA) is 20.7 Å². The van der Waals surface area contributed by atoms with Crippen molar-refractivity contribution in [3.8, 4) is 27.9 Å². The van der Waals surface area contributed by atoms with Crippen LogP contribution in [-0.2, 0) is 0 Å². The summed E-state index contributed by atoms with van der Waals surface area (Å²) in [6.07, 6.45) is 0. The highest BCUT2D eigenvalue weighted by Crippen LogP contribution is 2.40. The molecule has 0 saturated carbocycles. The average molecular weight is 490 g/mol. The highest BCUT2D eigenvalue weighted by atomic mass is 15.0. The quantitative estimate of drug-likeness (QED) is 0.255. The monoisotopic (exact) mass is 489 g/mol. The van der Waals surface area contributed by atoms with Gasteiger partial charge in [0, 0.05) is 32.7 Å². The molecule has 0 aliphatic rings. The van der Waals surface area contributed by atoms with Gasteiger partial charge in [0.25, 0.3) is 0 Å². The predicted octanol–water partition coefficient (Wildman–Crippen LogP) is 9.75. The van der Waals surface area contributed by atoms with Gasteiger partial charge in [-0.2, -0.15) is 0 Å². The number of hydrogen-bond donors (Lipinski definition) is 1. The van der Waals surface area contributed by atoms with Gasteiger partial charge in [0.15, 0.2) is 0 Å². The standard InChI is InChI=1S/C36H24N2/c1-3-11-24(12-4-1)27-20-19-26(23-32(27)25-13-5-2-6-14-25)38-34-18-10-8-16-29(34)31-22-21-30-28-15-7-9-17-33(28)37-35(30)36(31)38/h1-23,37H/i1D,3D,4D,11D,12D. The van der Waals surface area contributed by atoms with Crippen molar-refractivity contribution < 1.29 is 6.85 Å². The Balaban J connectivity index is 1.49. The molecule has 8 aromatic rings. The lowest BCUT2D eigenvalue weighted by atomic mass is 9.94. The molecule has 1 N–H and O–H groups in total. The molecule has 2 aromatic heterocycles. The first-order valence-corrected chi connectivity index (χ1v) is 12.6. The number of para-hydroxylation sites is 2. The Morgan fingerprint density at radius 3 is 2.16 bits per heavy atom. The lowest BCUT2D eigenvalue weighted by Gasteiger charge is -2.15. The fraction of sp³-hybridized carbons (Fsp3) is 0. The van der Waals surface area contributed by atoms with Crippen molar-refractivity contribution in [1.29, 1.82) is 0 Å². The Morgan fingerprint density at radius 1 is 0.553 bits per heavy atom. The van der Waals surface area contributed by atoms with Crippen LogP contribution in [0.1, 0.15) is 6.85 Å². The number of rotatable bonds is 3. The number of benzene rings is 6. The molecule has 6 aromatic carbocycles. The third kappa shape index (κ3) is 3.07. The van der Waals surface area contributed by atoms with Crippen LogP contribution >= 0.6 is 0 Å². The lowest BCUT2D eigenvalue weighted by Crippen LogP contribution is -1.96. The van der Waals surface area contributed by atoms with Crippen LogP contribution in [-0.4, -0.2) is 9.55 Å². The Kier molecular flexibility index (Phi) is 3.60. The summed E-state index contributed by atoms with van der Waals surface area (Å²) in [4.78, 5) is 3.68. The smallest absolute Gasteiger partial charge is 0.0783 e.